The topological polar surface area (TPSA) is 71.0 Å². The summed E-state index contributed by atoms with van der Waals surface area (Å²) in [5.41, 5.74) is 0.902. The van der Waals surface area contributed by atoms with Gasteiger partial charge in [0.1, 0.15) is 0 Å². The zero-order chi connectivity index (χ0) is 18.1. The summed E-state index contributed by atoms with van der Waals surface area (Å²) in [6.45, 7) is 9.71. The van der Waals surface area contributed by atoms with E-state index in [2.05, 4.69) is 39.4 Å². The molecule has 7 heteroatoms. The molecule has 0 aliphatic carbocycles. The van der Waals surface area contributed by atoms with Crippen molar-refractivity contribution >= 4 is 5.96 Å². The van der Waals surface area contributed by atoms with E-state index in [0.717, 1.165) is 44.4 Å². The molecule has 1 saturated heterocycles. The van der Waals surface area contributed by atoms with Crippen molar-refractivity contribution in [3.05, 3.63) is 23.9 Å². The molecule has 0 spiro atoms. The Morgan fingerprint density at radius 2 is 2.28 bits per heavy atom. The van der Waals surface area contributed by atoms with Crippen LogP contribution < -0.4 is 15.4 Å². The second kappa shape index (κ2) is 10.2. The molecule has 0 bridgehead atoms. The number of morpholine rings is 1. The fourth-order valence-electron chi connectivity index (χ4n) is 2.86. The summed E-state index contributed by atoms with van der Waals surface area (Å²) in [6, 6.07) is 5.72. The van der Waals surface area contributed by atoms with Gasteiger partial charge in [-0.05, 0) is 12.0 Å². The van der Waals surface area contributed by atoms with E-state index in [4.69, 9.17) is 9.47 Å². The molecule has 1 aromatic rings. The van der Waals surface area contributed by atoms with Gasteiger partial charge in [0.2, 0.25) is 5.88 Å². The molecule has 0 amide bonds. The molecule has 140 valence electrons. The summed E-state index contributed by atoms with van der Waals surface area (Å²) in [7, 11) is 3.38. The van der Waals surface area contributed by atoms with Crippen molar-refractivity contribution in [3.63, 3.8) is 0 Å². The predicted octanol–water partition coefficient (Wildman–Crippen LogP) is 1.11. The zero-order valence-electron chi connectivity index (χ0n) is 15.8. The molecule has 1 unspecified atom stereocenters. The summed E-state index contributed by atoms with van der Waals surface area (Å²) in [5.74, 6) is 2.04. The van der Waals surface area contributed by atoms with Gasteiger partial charge < -0.3 is 20.1 Å². The highest BCUT2D eigenvalue weighted by atomic mass is 16.5. The molecule has 1 aromatic heterocycles. The molecule has 1 aliphatic heterocycles. The quantitative estimate of drug-likeness (QED) is 0.568. The first-order valence-electron chi connectivity index (χ1n) is 8.89. The van der Waals surface area contributed by atoms with Crippen molar-refractivity contribution in [2.45, 2.75) is 26.5 Å². The van der Waals surface area contributed by atoms with E-state index in [1.54, 1.807) is 14.2 Å². The Morgan fingerprint density at radius 1 is 1.44 bits per heavy atom. The van der Waals surface area contributed by atoms with E-state index >= 15 is 0 Å². The number of methoxy groups -OCH3 is 1. The Kier molecular flexibility index (Phi) is 7.94. The highest BCUT2D eigenvalue weighted by molar-refractivity contribution is 5.79. The van der Waals surface area contributed by atoms with Crippen molar-refractivity contribution < 1.29 is 9.47 Å². The number of pyridine rings is 1. The van der Waals surface area contributed by atoms with Gasteiger partial charge in [0.15, 0.2) is 5.96 Å². The fourth-order valence-corrected chi connectivity index (χ4v) is 2.86. The lowest BCUT2D eigenvalue weighted by Crippen LogP contribution is -2.50. The van der Waals surface area contributed by atoms with E-state index in [1.807, 2.05) is 18.2 Å². The van der Waals surface area contributed by atoms with Crippen LogP contribution in [0.2, 0.25) is 0 Å². The summed E-state index contributed by atoms with van der Waals surface area (Å²) in [5, 5.41) is 6.61. The zero-order valence-corrected chi connectivity index (χ0v) is 15.8. The molecule has 2 N–H and O–H groups in total. The lowest BCUT2D eigenvalue weighted by molar-refractivity contribution is -0.0284. The molecular formula is C18H31N5O2. The van der Waals surface area contributed by atoms with Crippen LogP contribution in [-0.4, -0.2) is 68.9 Å². The molecule has 1 fully saturated rings. The van der Waals surface area contributed by atoms with Gasteiger partial charge in [-0.2, -0.15) is 0 Å². The van der Waals surface area contributed by atoms with E-state index < -0.39 is 0 Å². The number of hydrogen-bond acceptors (Lipinski definition) is 5. The van der Waals surface area contributed by atoms with Gasteiger partial charge in [0.05, 0.1) is 32.1 Å². The van der Waals surface area contributed by atoms with Crippen LogP contribution in [-0.2, 0) is 11.3 Å². The Morgan fingerprint density at radius 3 is 3.00 bits per heavy atom. The molecule has 0 saturated carbocycles. The van der Waals surface area contributed by atoms with Crippen LogP contribution in [0.3, 0.4) is 0 Å². The minimum absolute atomic E-state index is 0.181. The van der Waals surface area contributed by atoms with Crippen LogP contribution in [0.4, 0.5) is 0 Å². The third kappa shape index (κ3) is 6.88. The average molecular weight is 349 g/mol. The molecule has 1 atom stereocenters. The number of guanidine groups is 1. The van der Waals surface area contributed by atoms with Crippen molar-refractivity contribution in [1.29, 1.82) is 0 Å². The summed E-state index contributed by atoms with van der Waals surface area (Å²) in [6.07, 6.45) is 0.181. The van der Waals surface area contributed by atoms with Crippen LogP contribution in [0, 0.1) is 5.92 Å². The van der Waals surface area contributed by atoms with Gasteiger partial charge in [-0.15, -0.1) is 0 Å². The SMILES string of the molecule is CN=C(NCc1cccc(OC)n1)NCC1CN(CC(C)C)CCO1. The van der Waals surface area contributed by atoms with Crippen molar-refractivity contribution in [2.24, 2.45) is 10.9 Å². The smallest absolute Gasteiger partial charge is 0.213 e. The first-order valence-corrected chi connectivity index (χ1v) is 8.89. The lowest BCUT2D eigenvalue weighted by Gasteiger charge is -2.34. The molecule has 0 aromatic carbocycles. The Hall–Kier alpha value is -1.86. The van der Waals surface area contributed by atoms with Crippen LogP contribution >= 0.6 is 0 Å². The van der Waals surface area contributed by atoms with Crippen LogP contribution in [0.15, 0.2) is 23.2 Å². The number of hydrogen-bond donors (Lipinski definition) is 2. The second-order valence-electron chi connectivity index (χ2n) is 6.62. The summed E-state index contributed by atoms with van der Waals surface area (Å²) in [4.78, 5) is 11.1. The van der Waals surface area contributed by atoms with Gasteiger partial charge in [0, 0.05) is 39.3 Å². The van der Waals surface area contributed by atoms with Crippen LogP contribution in [0.5, 0.6) is 5.88 Å². The van der Waals surface area contributed by atoms with Gasteiger partial charge in [0.25, 0.3) is 0 Å². The number of aliphatic imine (C=N–C) groups is 1. The first-order chi connectivity index (χ1) is 12.1. The van der Waals surface area contributed by atoms with Gasteiger partial charge in [-0.3, -0.25) is 9.89 Å². The summed E-state index contributed by atoms with van der Waals surface area (Å²) >= 11 is 0. The second-order valence-corrected chi connectivity index (χ2v) is 6.62. The van der Waals surface area contributed by atoms with Crippen molar-refractivity contribution in [2.75, 3.05) is 46.9 Å². The van der Waals surface area contributed by atoms with Gasteiger partial charge >= 0.3 is 0 Å². The third-order valence-corrected chi connectivity index (χ3v) is 3.99. The lowest BCUT2D eigenvalue weighted by atomic mass is 10.2. The predicted molar refractivity (Wildman–Crippen MR) is 100 cm³/mol. The van der Waals surface area contributed by atoms with Crippen LogP contribution in [0.1, 0.15) is 19.5 Å². The molecule has 25 heavy (non-hydrogen) atoms. The van der Waals surface area contributed by atoms with Crippen molar-refractivity contribution in [1.82, 2.24) is 20.5 Å². The largest absolute Gasteiger partial charge is 0.481 e. The van der Waals surface area contributed by atoms with E-state index in [0.29, 0.717) is 18.3 Å². The molecule has 2 heterocycles. The average Bonchev–Trinajstić information content (AvgIpc) is 2.62. The van der Waals surface area contributed by atoms with Crippen molar-refractivity contribution in [3.8, 4) is 5.88 Å². The third-order valence-electron chi connectivity index (χ3n) is 3.99. The summed E-state index contributed by atoms with van der Waals surface area (Å²) < 4.78 is 11.0. The molecule has 2 rings (SSSR count). The van der Waals surface area contributed by atoms with E-state index in [1.165, 1.54) is 0 Å². The maximum absolute atomic E-state index is 5.86. The molecule has 7 nitrogen and oxygen atoms in total. The number of rotatable bonds is 7. The van der Waals surface area contributed by atoms with Gasteiger partial charge in [-0.25, -0.2) is 4.98 Å². The highest BCUT2D eigenvalue weighted by Gasteiger charge is 2.21. The fraction of sp³-hybridized carbons (Fsp3) is 0.667. The number of nitrogens with one attached hydrogen (secondary N) is 2. The number of ether oxygens (including phenoxy) is 2. The molecule has 0 radical (unpaired) electrons. The minimum atomic E-state index is 0.181. The first kappa shape index (κ1) is 19.5. The normalized spacial score (nSPS) is 19.1. The molecular weight excluding hydrogens is 318 g/mol. The Labute approximate surface area is 150 Å². The monoisotopic (exact) mass is 349 g/mol. The van der Waals surface area contributed by atoms with E-state index in [9.17, 15) is 0 Å². The minimum Gasteiger partial charge on any atom is -0.481 e. The number of nitrogens with zero attached hydrogens (tertiary/aromatic N) is 3. The standard InChI is InChI=1S/C18H31N5O2/c1-14(2)12-23-8-9-25-16(13-23)11-21-18(19-3)20-10-15-6-5-7-17(22-15)24-4/h5-7,14,16H,8-13H2,1-4H3,(H2,19,20,21). The van der Waals surface area contributed by atoms with Gasteiger partial charge in [-0.1, -0.05) is 19.9 Å². The maximum Gasteiger partial charge on any atom is 0.213 e. The van der Waals surface area contributed by atoms with Crippen LogP contribution in [0.25, 0.3) is 0 Å². The Bertz CT molecular complexity index is 550. The Balaban J connectivity index is 1.76. The number of aromatic nitrogens is 1. The van der Waals surface area contributed by atoms with E-state index in [-0.39, 0.29) is 6.10 Å². The molecule has 1 aliphatic rings. The maximum atomic E-state index is 5.86. The highest BCUT2D eigenvalue weighted by Crippen LogP contribution is 2.08.